The van der Waals surface area contributed by atoms with Crippen LogP contribution in [0.15, 0.2) is 41.8 Å². The van der Waals surface area contributed by atoms with Gasteiger partial charge < -0.3 is 15.4 Å². The van der Waals surface area contributed by atoms with Crippen molar-refractivity contribution < 1.29 is 18.7 Å². The number of esters is 1. The van der Waals surface area contributed by atoms with Gasteiger partial charge in [-0.05, 0) is 74.2 Å². The van der Waals surface area contributed by atoms with Crippen molar-refractivity contribution in [3.05, 3.63) is 52.5 Å². The Labute approximate surface area is 199 Å². The van der Waals surface area contributed by atoms with E-state index in [1.807, 2.05) is 6.07 Å². The van der Waals surface area contributed by atoms with Crippen LogP contribution in [0.5, 0.6) is 0 Å². The minimum absolute atomic E-state index is 0.0273. The maximum atomic E-state index is 13.4. The number of benzene rings is 1. The van der Waals surface area contributed by atoms with Crippen LogP contribution < -0.4 is 10.6 Å². The average molecular weight is 473 g/mol. The van der Waals surface area contributed by atoms with Crippen LogP contribution in [0.3, 0.4) is 0 Å². The van der Waals surface area contributed by atoms with Gasteiger partial charge in [0.1, 0.15) is 17.3 Å². The third-order valence-electron chi connectivity index (χ3n) is 7.03. The summed E-state index contributed by atoms with van der Waals surface area (Å²) in [5, 5.41) is 7.89. The lowest BCUT2D eigenvalue weighted by Gasteiger charge is -2.39. The van der Waals surface area contributed by atoms with Gasteiger partial charge in [-0.2, -0.15) is 0 Å². The molecule has 2 atom stereocenters. The molecule has 7 heteroatoms. The Hall–Kier alpha value is -2.25. The average Bonchev–Trinajstić information content (AvgIpc) is 3.21. The van der Waals surface area contributed by atoms with Gasteiger partial charge in [0.25, 0.3) is 0 Å². The van der Waals surface area contributed by atoms with Crippen LogP contribution in [0.1, 0.15) is 62.7 Å². The fourth-order valence-electron chi connectivity index (χ4n) is 4.97. The third kappa shape index (κ3) is 6.01. The van der Waals surface area contributed by atoms with Crippen molar-refractivity contribution in [2.75, 3.05) is 18.4 Å². The second-order valence-electron chi connectivity index (χ2n) is 9.28. The van der Waals surface area contributed by atoms with Gasteiger partial charge in [0, 0.05) is 10.6 Å². The van der Waals surface area contributed by atoms with Crippen molar-refractivity contribution in [1.82, 2.24) is 5.32 Å². The van der Waals surface area contributed by atoms with Gasteiger partial charge in [-0.1, -0.05) is 37.8 Å². The number of nitrogens with one attached hydrogen (secondary N) is 2. The lowest BCUT2D eigenvalue weighted by molar-refractivity contribution is -0.166. The maximum Gasteiger partial charge on any atom is 0.317 e. The van der Waals surface area contributed by atoms with E-state index in [1.54, 1.807) is 23.5 Å². The van der Waals surface area contributed by atoms with Crippen molar-refractivity contribution in [2.24, 2.45) is 5.92 Å². The van der Waals surface area contributed by atoms with Crippen molar-refractivity contribution in [2.45, 2.75) is 69.3 Å². The molecule has 4 rings (SSSR count). The normalized spacial score (nSPS) is 22.1. The van der Waals surface area contributed by atoms with Crippen LogP contribution in [0, 0.1) is 11.7 Å². The number of carbonyl (C=O) groups is 2. The lowest BCUT2D eigenvalue weighted by atomic mass is 9.77. The summed E-state index contributed by atoms with van der Waals surface area (Å²) in [6.07, 6.45) is 9.06. The van der Waals surface area contributed by atoms with Crippen molar-refractivity contribution in [3.8, 4) is 0 Å². The smallest absolute Gasteiger partial charge is 0.317 e. The minimum Gasteiger partial charge on any atom is -0.461 e. The molecule has 2 saturated carbocycles. The summed E-state index contributed by atoms with van der Waals surface area (Å²) in [7, 11) is 0. The van der Waals surface area contributed by atoms with E-state index < -0.39 is 5.41 Å². The Morgan fingerprint density at radius 1 is 1.09 bits per heavy atom. The fraction of sp³-hybridized carbons (Fsp3) is 0.538. The summed E-state index contributed by atoms with van der Waals surface area (Å²) in [4.78, 5) is 26.6. The summed E-state index contributed by atoms with van der Waals surface area (Å²) >= 11 is 1.67. The summed E-state index contributed by atoms with van der Waals surface area (Å²) < 4.78 is 19.3. The first-order valence-electron chi connectivity index (χ1n) is 12.1. The van der Waals surface area contributed by atoms with Crippen LogP contribution in [-0.4, -0.2) is 31.1 Å². The Balaban J connectivity index is 1.23. The molecule has 0 saturated heterocycles. The SMILES string of the molecule is O=C(CNCCC1CC[C@@H]1OC(=O)C1(c2cccs2)CCCCCC1)Nc1cccc(F)c1. The van der Waals surface area contributed by atoms with Gasteiger partial charge >= 0.3 is 5.97 Å². The van der Waals surface area contributed by atoms with Gasteiger partial charge in [-0.25, -0.2) is 4.39 Å². The molecule has 2 N–H and O–H groups in total. The molecule has 33 heavy (non-hydrogen) atoms. The monoisotopic (exact) mass is 472 g/mol. The number of rotatable bonds is 9. The highest BCUT2D eigenvalue weighted by molar-refractivity contribution is 7.10. The Kier molecular flexibility index (Phi) is 8.15. The van der Waals surface area contributed by atoms with Crippen LogP contribution >= 0.6 is 11.3 Å². The molecule has 178 valence electrons. The molecule has 2 aliphatic carbocycles. The number of hydrogen-bond donors (Lipinski definition) is 2. The van der Waals surface area contributed by atoms with Crippen LogP contribution in [0.25, 0.3) is 0 Å². The van der Waals surface area contributed by atoms with E-state index in [9.17, 15) is 14.0 Å². The zero-order valence-corrected chi connectivity index (χ0v) is 19.8. The van der Waals surface area contributed by atoms with E-state index in [4.69, 9.17) is 4.74 Å². The minimum atomic E-state index is -0.474. The van der Waals surface area contributed by atoms with Gasteiger partial charge in [-0.3, -0.25) is 9.59 Å². The molecule has 2 fully saturated rings. The summed E-state index contributed by atoms with van der Waals surface area (Å²) in [6.45, 7) is 0.834. The largest absolute Gasteiger partial charge is 0.461 e. The van der Waals surface area contributed by atoms with E-state index >= 15 is 0 Å². The quantitative estimate of drug-likeness (QED) is 0.291. The number of anilines is 1. The molecule has 0 radical (unpaired) electrons. The van der Waals surface area contributed by atoms with Gasteiger partial charge in [0.05, 0.1) is 6.54 Å². The number of hydrogen-bond acceptors (Lipinski definition) is 5. The third-order valence-corrected chi connectivity index (χ3v) is 8.11. The van der Waals surface area contributed by atoms with Crippen molar-refractivity contribution >= 4 is 28.9 Å². The molecule has 2 aromatic rings. The molecule has 0 bridgehead atoms. The highest BCUT2D eigenvalue weighted by atomic mass is 32.1. The molecule has 0 spiro atoms. The van der Waals surface area contributed by atoms with E-state index in [0.717, 1.165) is 49.8 Å². The fourth-order valence-corrected chi connectivity index (χ4v) is 5.94. The molecule has 1 aromatic carbocycles. The Morgan fingerprint density at radius 3 is 2.58 bits per heavy atom. The topological polar surface area (TPSA) is 67.4 Å². The van der Waals surface area contributed by atoms with Gasteiger partial charge in [0.15, 0.2) is 0 Å². The zero-order valence-electron chi connectivity index (χ0n) is 19.0. The zero-order chi connectivity index (χ0) is 23.1. The van der Waals surface area contributed by atoms with E-state index in [-0.39, 0.29) is 30.3 Å². The van der Waals surface area contributed by atoms with Crippen molar-refractivity contribution in [3.63, 3.8) is 0 Å². The lowest BCUT2D eigenvalue weighted by Crippen LogP contribution is -2.44. The van der Waals surface area contributed by atoms with Crippen LogP contribution in [0.4, 0.5) is 10.1 Å². The van der Waals surface area contributed by atoms with Gasteiger partial charge in [0.2, 0.25) is 5.91 Å². The van der Waals surface area contributed by atoms with E-state index in [1.165, 1.54) is 25.0 Å². The highest BCUT2D eigenvalue weighted by Crippen LogP contribution is 2.43. The molecule has 5 nitrogen and oxygen atoms in total. The number of thiophene rings is 1. The molecule has 1 unspecified atom stereocenters. The predicted molar refractivity (Wildman–Crippen MR) is 129 cm³/mol. The Morgan fingerprint density at radius 2 is 1.91 bits per heavy atom. The predicted octanol–water partition coefficient (Wildman–Crippen LogP) is 5.42. The summed E-state index contributed by atoms with van der Waals surface area (Å²) in [5.41, 5.74) is -0.0242. The van der Waals surface area contributed by atoms with Gasteiger partial charge in [-0.15, -0.1) is 11.3 Å². The second kappa shape index (κ2) is 11.3. The number of amides is 1. The second-order valence-corrected chi connectivity index (χ2v) is 10.2. The molecule has 1 heterocycles. The molecule has 1 amide bonds. The first-order valence-corrected chi connectivity index (χ1v) is 13.0. The van der Waals surface area contributed by atoms with Crippen molar-refractivity contribution in [1.29, 1.82) is 0 Å². The summed E-state index contributed by atoms with van der Waals surface area (Å²) in [6, 6.07) is 9.98. The summed E-state index contributed by atoms with van der Waals surface area (Å²) in [5.74, 6) is -0.289. The number of carbonyl (C=O) groups excluding carboxylic acids is 2. The molecular weight excluding hydrogens is 439 g/mol. The maximum absolute atomic E-state index is 13.4. The van der Waals surface area contributed by atoms with E-state index in [0.29, 0.717) is 18.2 Å². The van der Waals surface area contributed by atoms with Crippen LogP contribution in [0.2, 0.25) is 0 Å². The van der Waals surface area contributed by atoms with Crippen LogP contribution in [-0.2, 0) is 19.7 Å². The number of halogens is 1. The Bertz CT molecular complexity index is 925. The first-order chi connectivity index (χ1) is 16.1. The molecular formula is C26H33FN2O3S. The first kappa shape index (κ1) is 23.9. The standard InChI is InChI=1S/C26H33FN2O3S/c27-20-7-5-8-21(17-20)29-24(30)18-28-15-12-19-10-11-22(19)32-25(31)26(23-9-6-16-33-23)13-3-1-2-4-14-26/h5-9,16-17,19,22,28H,1-4,10-15,18H2,(H,29,30)/t19?,22-/m0/s1. The molecule has 1 aromatic heterocycles. The molecule has 2 aliphatic rings. The highest BCUT2D eigenvalue weighted by Gasteiger charge is 2.45. The molecule has 0 aliphatic heterocycles. The van der Waals surface area contributed by atoms with E-state index in [2.05, 4.69) is 22.1 Å². The number of ether oxygens (including phenoxy) is 1.